The molecule has 0 spiro atoms. The summed E-state index contributed by atoms with van der Waals surface area (Å²) < 4.78 is 5.59. The number of likely N-dealkylation sites (N-methyl/N-ethyl adjacent to an activating group) is 1. The maximum atomic E-state index is 5.59. The van der Waals surface area contributed by atoms with E-state index in [1.165, 1.54) is 5.01 Å². The molecule has 3 nitrogen and oxygen atoms in total. The van der Waals surface area contributed by atoms with Crippen LogP contribution < -0.4 is 5.32 Å². The van der Waals surface area contributed by atoms with Gasteiger partial charge in [0.05, 0.1) is 11.6 Å². The van der Waals surface area contributed by atoms with Gasteiger partial charge in [0.2, 0.25) is 0 Å². The first kappa shape index (κ1) is 13.6. The molecule has 0 fully saturated rings. The van der Waals surface area contributed by atoms with E-state index in [2.05, 4.69) is 29.5 Å². The second-order valence-electron chi connectivity index (χ2n) is 3.92. The molecule has 0 aliphatic heterocycles. The Labute approximate surface area is 102 Å². The molecule has 1 atom stereocenters. The molecule has 1 unspecified atom stereocenters. The largest absolute Gasteiger partial charge is 0.380 e. The molecule has 1 aromatic heterocycles. The van der Waals surface area contributed by atoms with Crippen LogP contribution in [0.1, 0.15) is 31.0 Å². The van der Waals surface area contributed by atoms with Crippen molar-refractivity contribution < 1.29 is 4.74 Å². The van der Waals surface area contributed by atoms with Gasteiger partial charge in [0.1, 0.15) is 0 Å². The third-order valence-electron chi connectivity index (χ3n) is 2.25. The van der Waals surface area contributed by atoms with E-state index in [9.17, 15) is 0 Å². The fourth-order valence-corrected chi connectivity index (χ4v) is 2.41. The van der Waals surface area contributed by atoms with Crippen LogP contribution in [-0.4, -0.2) is 30.8 Å². The minimum atomic E-state index is 0.391. The summed E-state index contributed by atoms with van der Waals surface area (Å²) in [5.74, 6) is 0. The molecular formula is C12H22N2OS. The third kappa shape index (κ3) is 5.05. The van der Waals surface area contributed by atoms with E-state index in [4.69, 9.17) is 4.74 Å². The second kappa shape index (κ2) is 7.76. The highest BCUT2D eigenvalue weighted by molar-refractivity contribution is 7.09. The van der Waals surface area contributed by atoms with Gasteiger partial charge in [0.15, 0.2) is 0 Å². The van der Waals surface area contributed by atoms with Crippen LogP contribution in [0, 0.1) is 6.92 Å². The fourth-order valence-electron chi connectivity index (χ4n) is 1.56. The smallest absolute Gasteiger partial charge is 0.0944 e. The number of ether oxygens (including phenoxy) is 1. The molecule has 0 aromatic carbocycles. The fraction of sp³-hybridized carbons (Fsp3) is 0.750. The van der Waals surface area contributed by atoms with Gasteiger partial charge in [0, 0.05) is 30.1 Å². The van der Waals surface area contributed by atoms with Gasteiger partial charge in [-0.2, -0.15) is 0 Å². The van der Waals surface area contributed by atoms with Crippen molar-refractivity contribution in [3.8, 4) is 0 Å². The number of thiazole rings is 1. The number of aryl methyl sites for hydroxylation is 1. The van der Waals surface area contributed by atoms with Crippen LogP contribution in [0.5, 0.6) is 0 Å². The molecule has 0 radical (unpaired) electrons. The Balaban J connectivity index is 2.37. The predicted molar refractivity (Wildman–Crippen MR) is 69.1 cm³/mol. The molecular weight excluding hydrogens is 220 g/mol. The second-order valence-corrected chi connectivity index (χ2v) is 4.86. The Hall–Kier alpha value is -0.450. The summed E-state index contributed by atoms with van der Waals surface area (Å²) in [5.41, 5.74) is 1.12. The molecule has 0 aliphatic carbocycles. The van der Waals surface area contributed by atoms with Gasteiger partial charge in [-0.15, -0.1) is 11.3 Å². The highest BCUT2D eigenvalue weighted by Gasteiger charge is 2.10. The Morgan fingerprint density at radius 3 is 2.88 bits per heavy atom. The van der Waals surface area contributed by atoms with Crippen LogP contribution in [0.15, 0.2) is 5.38 Å². The van der Waals surface area contributed by atoms with Crippen molar-refractivity contribution in [1.82, 2.24) is 10.3 Å². The minimum absolute atomic E-state index is 0.391. The number of rotatable bonds is 8. The summed E-state index contributed by atoms with van der Waals surface area (Å²) in [4.78, 5) is 4.48. The van der Waals surface area contributed by atoms with Crippen molar-refractivity contribution in [2.45, 2.75) is 39.7 Å². The first-order valence-electron chi connectivity index (χ1n) is 5.98. The lowest BCUT2D eigenvalue weighted by molar-refractivity contribution is 0.112. The van der Waals surface area contributed by atoms with E-state index in [-0.39, 0.29) is 0 Å². The zero-order valence-electron chi connectivity index (χ0n) is 10.5. The number of nitrogens with zero attached hydrogens (tertiary/aromatic N) is 1. The van der Waals surface area contributed by atoms with Gasteiger partial charge in [0.25, 0.3) is 0 Å². The number of hydrogen-bond acceptors (Lipinski definition) is 4. The van der Waals surface area contributed by atoms with Crippen molar-refractivity contribution in [1.29, 1.82) is 0 Å². The molecule has 1 heterocycles. The van der Waals surface area contributed by atoms with E-state index >= 15 is 0 Å². The van der Waals surface area contributed by atoms with E-state index in [0.717, 1.165) is 38.3 Å². The monoisotopic (exact) mass is 242 g/mol. The lowest BCUT2D eigenvalue weighted by atomic mass is 10.2. The quantitative estimate of drug-likeness (QED) is 0.711. The third-order valence-corrected chi connectivity index (χ3v) is 3.24. The molecule has 1 aromatic rings. The molecule has 0 saturated heterocycles. The van der Waals surface area contributed by atoms with Gasteiger partial charge in [-0.1, -0.05) is 13.8 Å². The molecule has 92 valence electrons. The minimum Gasteiger partial charge on any atom is -0.380 e. The molecule has 16 heavy (non-hydrogen) atoms. The first-order chi connectivity index (χ1) is 7.76. The van der Waals surface area contributed by atoms with Crippen molar-refractivity contribution in [2.75, 3.05) is 19.8 Å². The Bertz CT molecular complexity index is 288. The van der Waals surface area contributed by atoms with Crippen molar-refractivity contribution in [3.05, 3.63) is 16.1 Å². The summed E-state index contributed by atoms with van der Waals surface area (Å²) in [5, 5.41) is 6.74. The van der Waals surface area contributed by atoms with Gasteiger partial charge in [-0.25, -0.2) is 4.98 Å². The van der Waals surface area contributed by atoms with Crippen LogP contribution in [0.25, 0.3) is 0 Å². The molecule has 0 amide bonds. The molecule has 1 rings (SSSR count). The summed E-state index contributed by atoms with van der Waals surface area (Å²) >= 11 is 1.74. The number of nitrogens with one attached hydrogen (secondary N) is 1. The highest BCUT2D eigenvalue weighted by atomic mass is 32.1. The number of aromatic nitrogens is 1. The average Bonchev–Trinajstić information content (AvgIpc) is 2.65. The highest BCUT2D eigenvalue weighted by Crippen LogP contribution is 2.11. The van der Waals surface area contributed by atoms with E-state index in [0.29, 0.717) is 6.04 Å². The van der Waals surface area contributed by atoms with Crippen LogP contribution in [-0.2, 0) is 11.2 Å². The lowest BCUT2D eigenvalue weighted by Crippen LogP contribution is -2.35. The van der Waals surface area contributed by atoms with Crippen molar-refractivity contribution in [3.63, 3.8) is 0 Å². The van der Waals surface area contributed by atoms with Crippen LogP contribution in [0.4, 0.5) is 0 Å². The lowest BCUT2D eigenvalue weighted by Gasteiger charge is -2.16. The molecule has 0 saturated carbocycles. The summed E-state index contributed by atoms with van der Waals surface area (Å²) in [7, 11) is 0. The molecule has 1 N–H and O–H groups in total. The van der Waals surface area contributed by atoms with Crippen LogP contribution in [0.2, 0.25) is 0 Å². The Kier molecular flexibility index (Phi) is 6.61. The van der Waals surface area contributed by atoms with Crippen LogP contribution >= 0.6 is 11.3 Å². The van der Waals surface area contributed by atoms with Gasteiger partial charge in [-0.3, -0.25) is 0 Å². The predicted octanol–water partition coefficient (Wildman–Crippen LogP) is 2.40. The summed E-state index contributed by atoms with van der Waals surface area (Å²) in [6.07, 6.45) is 2.05. The van der Waals surface area contributed by atoms with E-state index in [1.807, 2.05) is 6.92 Å². The van der Waals surface area contributed by atoms with Gasteiger partial charge >= 0.3 is 0 Å². The van der Waals surface area contributed by atoms with Crippen molar-refractivity contribution >= 4 is 11.3 Å². The van der Waals surface area contributed by atoms with Crippen LogP contribution in [0.3, 0.4) is 0 Å². The zero-order valence-corrected chi connectivity index (χ0v) is 11.3. The van der Waals surface area contributed by atoms with Crippen molar-refractivity contribution in [2.24, 2.45) is 0 Å². The molecule has 0 bridgehead atoms. The SMILES string of the molecule is CCCOCC(Cc1nc(C)cs1)NCC. The Morgan fingerprint density at radius 2 is 2.31 bits per heavy atom. The van der Waals surface area contributed by atoms with E-state index in [1.54, 1.807) is 11.3 Å². The maximum Gasteiger partial charge on any atom is 0.0944 e. The molecule has 4 heteroatoms. The topological polar surface area (TPSA) is 34.1 Å². The number of hydrogen-bond donors (Lipinski definition) is 1. The average molecular weight is 242 g/mol. The summed E-state index contributed by atoms with van der Waals surface area (Å²) in [6, 6.07) is 0.391. The molecule has 0 aliphatic rings. The standard InChI is InChI=1S/C12H22N2OS/c1-4-6-15-8-11(13-5-2)7-12-14-10(3)9-16-12/h9,11,13H,4-8H2,1-3H3. The first-order valence-corrected chi connectivity index (χ1v) is 6.86. The van der Waals surface area contributed by atoms with Gasteiger partial charge < -0.3 is 10.1 Å². The summed E-state index contributed by atoms with van der Waals surface area (Å²) in [6.45, 7) is 8.89. The zero-order chi connectivity index (χ0) is 11.8. The van der Waals surface area contributed by atoms with E-state index < -0.39 is 0 Å². The normalized spacial score (nSPS) is 12.9. The Morgan fingerprint density at radius 1 is 1.50 bits per heavy atom. The maximum absolute atomic E-state index is 5.59. The van der Waals surface area contributed by atoms with Gasteiger partial charge in [-0.05, 0) is 19.9 Å².